The molecule has 0 N–H and O–H groups in total. The second-order valence-electron chi connectivity index (χ2n) is 7.66. The minimum absolute atomic E-state index is 0.136. The first-order valence-corrected chi connectivity index (χ1v) is 9.73. The standard InChI is InChI=1S/C21H31F3O/c1-3-5-18(7-4-6-17-10-8-16(2)9-11-17)19-12-14-20(15-13-19)25-21(22,23)24/h12-18H,3-11H2,1-2H3. The summed E-state index contributed by atoms with van der Waals surface area (Å²) in [5, 5.41) is 0. The summed E-state index contributed by atoms with van der Waals surface area (Å²) in [7, 11) is 0. The van der Waals surface area contributed by atoms with E-state index in [1.165, 1.54) is 50.7 Å². The van der Waals surface area contributed by atoms with E-state index in [0.29, 0.717) is 5.92 Å². The van der Waals surface area contributed by atoms with Gasteiger partial charge in [-0.3, -0.25) is 0 Å². The number of hydrogen-bond acceptors (Lipinski definition) is 1. The maximum atomic E-state index is 12.3. The molecule has 0 heterocycles. The van der Waals surface area contributed by atoms with Crippen LogP contribution in [0.3, 0.4) is 0 Å². The average molecular weight is 356 g/mol. The molecule has 2 rings (SSSR count). The van der Waals surface area contributed by atoms with Crippen LogP contribution in [0.5, 0.6) is 5.75 Å². The Balaban J connectivity index is 1.84. The Bertz CT molecular complexity index is 487. The van der Waals surface area contributed by atoms with Crippen molar-refractivity contribution in [3.63, 3.8) is 0 Å². The van der Waals surface area contributed by atoms with Crippen LogP contribution in [0.25, 0.3) is 0 Å². The molecular formula is C21H31F3O. The summed E-state index contributed by atoms with van der Waals surface area (Å²) in [6.45, 7) is 4.51. The summed E-state index contributed by atoms with van der Waals surface area (Å²) in [5.41, 5.74) is 1.13. The van der Waals surface area contributed by atoms with Crippen molar-refractivity contribution in [2.45, 2.75) is 83.9 Å². The van der Waals surface area contributed by atoms with Crippen molar-refractivity contribution in [1.29, 1.82) is 0 Å². The fraction of sp³-hybridized carbons (Fsp3) is 0.714. The molecule has 0 spiro atoms. The lowest BCUT2D eigenvalue weighted by Gasteiger charge is -2.26. The fourth-order valence-corrected chi connectivity index (χ4v) is 4.04. The molecule has 1 fully saturated rings. The molecule has 0 saturated heterocycles. The van der Waals surface area contributed by atoms with E-state index in [9.17, 15) is 13.2 Å². The molecule has 4 heteroatoms. The van der Waals surface area contributed by atoms with Gasteiger partial charge in [-0.2, -0.15) is 0 Å². The van der Waals surface area contributed by atoms with Crippen LogP contribution >= 0.6 is 0 Å². The largest absolute Gasteiger partial charge is 0.573 e. The van der Waals surface area contributed by atoms with E-state index in [1.807, 2.05) is 0 Å². The van der Waals surface area contributed by atoms with Gasteiger partial charge in [0.1, 0.15) is 5.75 Å². The van der Waals surface area contributed by atoms with Gasteiger partial charge in [0.25, 0.3) is 0 Å². The minimum atomic E-state index is -4.62. The summed E-state index contributed by atoms with van der Waals surface area (Å²) in [4.78, 5) is 0. The Hall–Kier alpha value is -1.19. The molecule has 25 heavy (non-hydrogen) atoms. The Morgan fingerprint density at radius 3 is 2.24 bits per heavy atom. The number of benzene rings is 1. The SMILES string of the molecule is CCCC(CCCC1CCC(C)CC1)c1ccc(OC(F)(F)F)cc1. The molecule has 0 bridgehead atoms. The molecule has 1 aliphatic carbocycles. The molecule has 0 aliphatic heterocycles. The average Bonchev–Trinajstić information content (AvgIpc) is 2.55. The van der Waals surface area contributed by atoms with Gasteiger partial charge in [0.2, 0.25) is 0 Å². The molecule has 1 saturated carbocycles. The van der Waals surface area contributed by atoms with Crippen molar-refractivity contribution in [3.8, 4) is 5.75 Å². The number of alkyl halides is 3. The van der Waals surface area contributed by atoms with E-state index in [2.05, 4.69) is 18.6 Å². The first kappa shape index (κ1) is 20.1. The summed E-state index contributed by atoms with van der Waals surface area (Å²) in [6.07, 6.45) is 6.64. The Morgan fingerprint density at radius 1 is 1.04 bits per heavy atom. The Labute approximate surface area is 150 Å². The Morgan fingerprint density at radius 2 is 1.68 bits per heavy atom. The first-order chi connectivity index (χ1) is 11.9. The second kappa shape index (κ2) is 9.49. The molecule has 0 aromatic heterocycles. The summed E-state index contributed by atoms with van der Waals surface area (Å²) in [5.74, 6) is 2.07. The topological polar surface area (TPSA) is 9.23 Å². The van der Waals surface area contributed by atoms with Crippen LogP contribution in [0.2, 0.25) is 0 Å². The maximum Gasteiger partial charge on any atom is 0.573 e. The van der Waals surface area contributed by atoms with Gasteiger partial charge in [0.15, 0.2) is 0 Å². The molecular weight excluding hydrogens is 325 g/mol. The number of rotatable bonds is 8. The van der Waals surface area contributed by atoms with Crippen LogP contribution < -0.4 is 4.74 Å². The molecule has 1 atom stereocenters. The molecule has 142 valence electrons. The van der Waals surface area contributed by atoms with Crippen LogP contribution in [-0.2, 0) is 0 Å². The van der Waals surface area contributed by atoms with Gasteiger partial charge in [-0.1, -0.05) is 70.9 Å². The van der Waals surface area contributed by atoms with E-state index in [0.717, 1.165) is 36.7 Å². The predicted octanol–water partition coefficient (Wildman–Crippen LogP) is 7.47. The van der Waals surface area contributed by atoms with Crippen LogP contribution in [-0.4, -0.2) is 6.36 Å². The zero-order valence-corrected chi connectivity index (χ0v) is 15.4. The maximum absolute atomic E-state index is 12.3. The van der Waals surface area contributed by atoms with Crippen LogP contribution in [0.4, 0.5) is 13.2 Å². The number of halogens is 3. The van der Waals surface area contributed by atoms with Crippen molar-refractivity contribution in [2.24, 2.45) is 11.8 Å². The normalized spacial score (nSPS) is 22.6. The zero-order chi connectivity index (χ0) is 18.3. The quantitative estimate of drug-likeness (QED) is 0.469. The molecule has 1 aliphatic rings. The summed E-state index contributed by atoms with van der Waals surface area (Å²) >= 11 is 0. The summed E-state index contributed by atoms with van der Waals surface area (Å²) < 4.78 is 40.8. The highest BCUT2D eigenvalue weighted by Crippen LogP contribution is 2.34. The van der Waals surface area contributed by atoms with Crippen LogP contribution in [0.1, 0.15) is 83.1 Å². The lowest BCUT2D eigenvalue weighted by molar-refractivity contribution is -0.274. The highest BCUT2D eigenvalue weighted by atomic mass is 19.4. The van der Waals surface area contributed by atoms with E-state index in [1.54, 1.807) is 12.1 Å². The van der Waals surface area contributed by atoms with E-state index in [4.69, 9.17) is 0 Å². The van der Waals surface area contributed by atoms with Crippen LogP contribution in [0, 0.1) is 11.8 Å². The van der Waals surface area contributed by atoms with Gasteiger partial charge in [0, 0.05) is 0 Å². The molecule has 0 amide bonds. The monoisotopic (exact) mass is 356 g/mol. The lowest BCUT2D eigenvalue weighted by Crippen LogP contribution is -2.17. The third-order valence-electron chi connectivity index (χ3n) is 5.52. The smallest absolute Gasteiger partial charge is 0.406 e. The number of ether oxygens (including phenoxy) is 1. The molecule has 1 unspecified atom stereocenters. The molecule has 1 aromatic carbocycles. The molecule has 0 radical (unpaired) electrons. The predicted molar refractivity (Wildman–Crippen MR) is 95.7 cm³/mol. The zero-order valence-electron chi connectivity index (χ0n) is 15.4. The lowest BCUT2D eigenvalue weighted by atomic mass is 9.79. The van der Waals surface area contributed by atoms with Crippen LogP contribution in [0.15, 0.2) is 24.3 Å². The summed E-state index contributed by atoms with van der Waals surface area (Å²) in [6, 6.07) is 6.47. The molecule has 1 nitrogen and oxygen atoms in total. The highest BCUT2D eigenvalue weighted by Gasteiger charge is 2.31. The third kappa shape index (κ3) is 7.29. The molecule has 1 aromatic rings. The van der Waals surface area contributed by atoms with Gasteiger partial charge in [-0.05, 0) is 48.3 Å². The van der Waals surface area contributed by atoms with Crippen molar-refractivity contribution in [3.05, 3.63) is 29.8 Å². The van der Waals surface area contributed by atoms with E-state index < -0.39 is 6.36 Å². The van der Waals surface area contributed by atoms with Gasteiger partial charge >= 0.3 is 6.36 Å². The number of hydrogen-bond donors (Lipinski definition) is 0. The van der Waals surface area contributed by atoms with Crippen molar-refractivity contribution < 1.29 is 17.9 Å². The van der Waals surface area contributed by atoms with Crippen molar-refractivity contribution in [1.82, 2.24) is 0 Å². The second-order valence-corrected chi connectivity index (χ2v) is 7.66. The van der Waals surface area contributed by atoms with Crippen molar-refractivity contribution in [2.75, 3.05) is 0 Å². The van der Waals surface area contributed by atoms with E-state index >= 15 is 0 Å². The highest BCUT2D eigenvalue weighted by molar-refractivity contribution is 5.29. The van der Waals surface area contributed by atoms with Gasteiger partial charge in [0.05, 0.1) is 0 Å². The van der Waals surface area contributed by atoms with E-state index in [-0.39, 0.29) is 5.75 Å². The Kier molecular flexibility index (Phi) is 7.64. The third-order valence-corrected chi connectivity index (χ3v) is 5.52. The van der Waals surface area contributed by atoms with Gasteiger partial charge in [-0.15, -0.1) is 13.2 Å². The fourth-order valence-electron chi connectivity index (χ4n) is 4.04. The van der Waals surface area contributed by atoms with Gasteiger partial charge in [-0.25, -0.2) is 0 Å². The minimum Gasteiger partial charge on any atom is -0.406 e. The first-order valence-electron chi connectivity index (χ1n) is 9.73. The van der Waals surface area contributed by atoms with Crippen molar-refractivity contribution >= 4 is 0 Å². The van der Waals surface area contributed by atoms with Gasteiger partial charge < -0.3 is 4.74 Å².